The molecule has 0 unspecified atom stereocenters. The van der Waals surface area contributed by atoms with E-state index >= 15 is 0 Å². The molecule has 0 amide bonds. The van der Waals surface area contributed by atoms with Crippen LogP contribution in [0.15, 0.2) is 24.7 Å². The number of hydrogen-bond donors (Lipinski definition) is 1. The summed E-state index contributed by atoms with van der Waals surface area (Å²) >= 11 is 0. The molecule has 0 saturated carbocycles. The molecule has 1 N–H and O–H groups in total. The minimum absolute atomic E-state index is 0.0650. The minimum Gasteiger partial charge on any atom is -0.299 e. The van der Waals surface area contributed by atoms with Gasteiger partial charge in [-0.3, -0.25) is 4.90 Å². The van der Waals surface area contributed by atoms with Crippen LogP contribution in [0.5, 0.6) is 0 Å². The summed E-state index contributed by atoms with van der Waals surface area (Å²) in [5, 5.41) is 4.08. The van der Waals surface area contributed by atoms with Gasteiger partial charge in [-0.15, -0.1) is 0 Å². The Labute approximate surface area is 124 Å². The van der Waals surface area contributed by atoms with Gasteiger partial charge in [0, 0.05) is 31.9 Å². The zero-order valence-electron chi connectivity index (χ0n) is 11.9. The lowest BCUT2D eigenvalue weighted by atomic mass is 10.1. The summed E-state index contributed by atoms with van der Waals surface area (Å²) < 4.78 is 26.9. The molecule has 114 valence electrons. The standard InChI is InChI=1S/C13H19N5O2S/c1-21(19,20)16-12-3-5-17(6-4-12)9-11-2-7-18-13(8-11)14-10-15-18/h2,7-8,10,12,16H,3-6,9H2,1H3. The molecule has 0 radical (unpaired) electrons. The van der Waals surface area contributed by atoms with Crippen LogP contribution in [0.3, 0.4) is 0 Å². The monoisotopic (exact) mass is 309 g/mol. The van der Waals surface area contributed by atoms with E-state index in [1.807, 2.05) is 18.3 Å². The van der Waals surface area contributed by atoms with Crippen LogP contribution >= 0.6 is 0 Å². The Morgan fingerprint density at radius 3 is 2.86 bits per heavy atom. The van der Waals surface area contributed by atoms with Crippen molar-refractivity contribution in [3.05, 3.63) is 30.2 Å². The number of fused-ring (bicyclic) bond motifs is 1. The summed E-state index contributed by atoms with van der Waals surface area (Å²) in [5.74, 6) is 0. The highest BCUT2D eigenvalue weighted by molar-refractivity contribution is 7.88. The lowest BCUT2D eigenvalue weighted by Crippen LogP contribution is -2.43. The normalized spacial score (nSPS) is 18.3. The molecule has 0 bridgehead atoms. The van der Waals surface area contributed by atoms with Crippen LogP contribution in [-0.2, 0) is 16.6 Å². The fourth-order valence-electron chi connectivity index (χ4n) is 2.73. The van der Waals surface area contributed by atoms with E-state index < -0.39 is 10.0 Å². The van der Waals surface area contributed by atoms with E-state index in [2.05, 4.69) is 19.7 Å². The first kappa shape index (κ1) is 14.4. The largest absolute Gasteiger partial charge is 0.299 e. The molecule has 21 heavy (non-hydrogen) atoms. The van der Waals surface area contributed by atoms with Crippen molar-refractivity contribution < 1.29 is 8.42 Å². The van der Waals surface area contributed by atoms with Crippen molar-refractivity contribution in [2.75, 3.05) is 19.3 Å². The Morgan fingerprint density at radius 2 is 2.14 bits per heavy atom. The molecule has 3 heterocycles. The summed E-state index contributed by atoms with van der Waals surface area (Å²) in [4.78, 5) is 6.52. The number of hydrogen-bond acceptors (Lipinski definition) is 5. The molecular formula is C13H19N5O2S. The van der Waals surface area contributed by atoms with E-state index in [1.54, 1.807) is 10.8 Å². The van der Waals surface area contributed by atoms with Gasteiger partial charge >= 0.3 is 0 Å². The van der Waals surface area contributed by atoms with Gasteiger partial charge in [0.2, 0.25) is 10.0 Å². The Morgan fingerprint density at radius 1 is 1.38 bits per heavy atom. The van der Waals surface area contributed by atoms with Gasteiger partial charge in [0.05, 0.1) is 6.26 Å². The van der Waals surface area contributed by atoms with E-state index in [-0.39, 0.29) is 6.04 Å². The van der Waals surface area contributed by atoms with Crippen LogP contribution in [0.2, 0.25) is 0 Å². The van der Waals surface area contributed by atoms with Gasteiger partial charge in [0.15, 0.2) is 5.65 Å². The van der Waals surface area contributed by atoms with Crippen molar-refractivity contribution in [2.24, 2.45) is 0 Å². The number of nitrogens with zero attached hydrogens (tertiary/aromatic N) is 4. The molecule has 2 aromatic heterocycles. The molecule has 7 nitrogen and oxygen atoms in total. The molecule has 8 heteroatoms. The highest BCUT2D eigenvalue weighted by atomic mass is 32.2. The summed E-state index contributed by atoms with van der Waals surface area (Å²) in [5.41, 5.74) is 2.05. The molecule has 0 atom stereocenters. The quantitative estimate of drug-likeness (QED) is 0.875. The summed E-state index contributed by atoms with van der Waals surface area (Å²) in [7, 11) is -3.10. The van der Waals surface area contributed by atoms with E-state index in [0.717, 1.165) is 38.1 Å². The number of pyridine rings is 1. The number of sulfonamides is 1. The zero-order chi connectivity index (χ0) is 14.9. The average molecular weight is 309 g/mol. The highest BCUT2D eigenvalue weighted by Crippen LogP contribution is 2.15. The van der Waals surface area contributed by atoms with Gasteiger partial charge in [-0.1, -0.05) is 0 Å². The van der Waals surface area contributed by atoms with Crippen molar-refractivity contribution in [1.29, 1.82) is 0 Å². The van der Waals surface area contributed by atoms with Crippen LogP contribution in [0.25, 0.3) is 5.65 Å². The van der Waals surface area contributed by atoms with E-state index in [9.17, 15) is 8.42 Å². The van der Waals surface area contributed by atoms with Crippen LogP contribution in [0.4, 0.5) is 0 Å². The lowest BCUT2D eigenvalue weighted by Gasteiger charge is -2.31. The van der Waals surface area contributed by atoms with Crippen LogP contribution in [-0.4, -0.2) is 53.3 Å². The fourth-order valence-corrected chi connectivity index (χ4v) is 3.57. The van der Waals surface area contributed by atoms with Crippen molar-refractivity contribution in [2.45, 2.75) is 25.4 Å². The average Bonchev–Trinajstić information content (AvgIpc) is 2.87. The Balaban J connectivity index is 1.57. The van der Waals surface area contributed by atoms with Gasteiger partial charge < -0.3 is 0 Å². The second kappa shape index (κ2) is 5.70. The number of rotatable bonds is 4. The second-order valence-corrected chi connectivity index (χ2v) is 7.32. The molecule has 0 spiro atoms. The minimum atomic E-state index is -3.10. The fraction of sp³-hybridized carbons (Fsp3) is 0.538. The predicted octanol–water partition coefficient (Wildman–Crippen LogP) is 0.243. The Kier molecular flexibility index (Phi) is 3.92. The second-order valence-electron chi connectivity index (χ2n) is 5.54. The third-order valence-corrected chi connectivity index (χ3v) is 4.48. The van der Waals surface area contributed by atoms with E-state index in [4.69, 9.17) is 0 Å². The maximum absolute atomic E-state index is 11.2. The van der Waals surface area contributed by atoms with E-state index in [0.29, 0.717) is 0 Å². The number of aromatic nitrogens is 3. The van der Waals surface area contributed by atoms with Gasteiger partial charge in [0.25, 0.3) is 0 Å². The highest BCUT2D eigenvalue weighted by Gasteiger charge is 2.21. The summed E-state index contributed by atoms with van der Waals surface area (Å²) in [6.07, 6.45) is 6.37. The Hall–Kier alpha value is -1.51. The van der Waals surface area contributed by atoms with Crippen LogP contribution in [0, 0.1) is 0 Å². The molecule has 1 fully saturated rings. The first-order valence-electron chi connectivity index (χ1n) is 6.97. The van der Waals surface area contributed by atoms with Crippen molar-refractivity contribution in [1.82, 2.24) is 24.2 Å². The molecular weight excluding hydrogens is 290 g/mol. The Bertz CT molecular complexity index is 719. The molecule has 3 rings (SSSR count). The maximum atomic E-state index is 11.2. The third-order valence-electron chi connectivity index (χ3n) is 3.72. The summed E-state index contributed by atoms with van der Waals surface area (Å²) in [6, 6.07) is 4.14. The molecule has 1 aliphatic rings. The number of nitrogens with one attached hydrogen (secondary N) is 1. The summed E-state index contributed by atoms with van der Waals surface area (Å²) in [6.45, 7) is 2.64. The third kappa shape index (κ3) is 3.78. The number of likely N-dealkylation sites (tertiary alicyclic amines) is 1. The van der Waals surface area contributed by atoms with Crippen molar-refractivity contribution >= 4 is 15.7 Å². The maximum Gasteiger partial charge on any atom is 0.208 e. The lowest BCUT2D eigenvalue weighted by molar-refractivity contribution is 0.200. The van der Waals surface area contributed by atoms with Gasteiger partial charge in [-0.25, -0.2) is 22.6 Å². The molecule has 1 saturated heterocycles. The first-order chi connectivity index (χ1) is 9.99. The molecule has 2 aromatic rings. The predicted molar refractivity (Wildman–Crippen MR) is 79.3 cm³/mol. The van der Waals surface area contributed by atoms with Gasteiger partial charge in [-0.05, 0) is 30.5 Å². The van der Waals surface area contributed by atoms with Crippen LogP contribution in [0.1, 0.15) is 18.4 Å². The number of piperidine rings is 1. The molecule has 0 aliphatic carbocycles. The SMILES string of the molecule is CS(=O)(=O)NC1CCN(Cc2ccn3ncnc3c2)CC1. The molecule has 0 aromatic carbocycles. The van der Waals surface area contributed by atoms with E-state index in [1.165, 1.54) is 11.8 Å². The van der Waals surface area contributed by atoms with Crippen molar-refractivity contribution in [3.63, 3.8) is 0 Å². The smallest absolute Gasteiger partial charge is 0.208 e. The zero-order valence-corrected chi connectivity index (χ0v) is 12.8. The van der Waals surface area contributed by atoms with Crippen molar-refractivity contribution in [3.8, 4) is 0 Å². The van der Waals surface area contributed by atoms with Crippen LogP contribution < -0.4 is 4.72 Å². The van der Waals surface area contributed by atoms with Gasteiger partial charge in [-0.2, -0.15) is 5.10 Å². The first-order valence-corrected chi connectivity index (χ1v) is 8.87. The topological polar surface area (TPSA) is 79.6 Å². The van der Waals surface area contributed by atoms with Gasteiger partial charge in [0.1, 0.15) is 6.33 Å². The molecule has 1 aliphatic heterocycles.